The van der Waals surface area contributed by atoms with Gasteiger partial charge < -0.3 is 4.74 Å². The quantitative estimate of drug-likeness (QED) is 0.438. The van der Waals surface area contributed by atoms with Crippen LogP contribution in [-0.4, -0.2) is 18.5 Å². The van der Waals surface area contributed by atoms with Crippen molar-refractivity contribution in [1.29, 1.82) is 0 Å². The zero-order valence-corrected chi connectivity index (χ0v) is 14.6. The number of halogens is 1. The molecule has 0 heterocycles. The lowest BCUT2D eigenvalue weighted by Crippen LogP contribution is -2.31. The van der Waals surface area contributed by atoms with E-state index in [0.717, 1.165) is 4.90 Å². The standard InChI is InChI=1S/C17H15BrO3S/c1-17(11-19,12-7-9-13(22-2)10-8-12)21-16(20)14-5-3-4-6-15(14)18/h3-11H,1-2H3/t17-/m0/s1. The molecule has 0 aliphatic heterocycles. The summed E-state index contributed by atoms with van der Waals surface area (Å²) in [6, 6.07) is 14.3. The Balaban J connectivity index is 2.28. The van der Waals surface area contributed by atoms with Crippen LogP contribution >= 0.6 is 27.7 Å². The van der Waals surface area contributed by atoms with Crippen LogP contribution in [0.15, 0.2) is 57.9 Å². The smallest absolute Gasteiger partial charge is 0.340 e. The third-order valence-corrected chi connectivity index (χ3v) is 4.72. The first-order valence-electron chi connectivity index (χ1n) is 6.59. The van der Waals surface area contributed by atoms with Gasteiger partial charge in [0.1, 0.15) is 0 Å². The minimum absolute atomic E-state index is 0.385. The first kappa shape index (κ1) is 16.8. The molecule has 3 nitrogen and oxygen atoms in total. The van der Waals surface area contributed by atoms with E-state index < -0.39 is 11.6 Å². The molecule has 22 heavy (non-hydrogen) atoms. The van der Waals surface area contributed by atoms with E-state index in [1.54, 1.807) is 55.1 Å². The normalized spacial score (nSPS) is 13.2. The Bertz CT molecular complexity index is 685. The summed E-state index contributed by atoms with van der Waals surface area (Å²) in [5.41, 5.74) is -0.291. The molecule has 0 aliphatic carbocycles. The van der Waals surface area contributed by atoms with Gasteiger partial charge in [-0.3, -0.25) is 4.79 Å². The maximum absolute atomic E-state index is 12.3. The fraction of sp³-hybridized carbons (Fsp3) is 0.176. The van der Waals surface area contributed by atoms with Crippen molar-refractivity contribution >= 4 is 39.9 Å². The summed E-state index contributed by atoms with van der Waals surface area (Å²) < 4.78 is 6.10. The number of aldehydes is 1. The minimum Gasteiger partial charge on any atom is -0.443 e. The number of carbonyl (C=O) groups excluding carboxylic acids is 2. The van der Waals surface area contributed by atoms with Crippen LogP contribution in [0.4, 0.5) is 0 Å². The first-order chi connectivity index (χ1) is 10.5. The number of esters is 1. The number of thioether (sulfide) groups is 1. The van der Waals surface area contributed by atoms with Crippen LogP contribution in [0, 0.1) is 0 Å². The van der Waals surface area contributed by atoms with Crippen LogP contribution in [0.2, 0.25) is 0 Å². The van der Waals surface area contributed by atoms with E-state index in [1.807, 2.05) is 18.4 Å². The molecule has 0 saturated heterocycles. The molecule has 2 rings (SSSR count). The van der Waals surface area contributed by atoms with Gasteiger partial charge in [-0.2, -0.15) is 0 Å². The highest BCUT2D eigenvalue weighted by molar-refractivity contribution is 9.10. The van der Waals surface area contributed by atoms with Crippen LogP contribution in [0.1, 0.15) is 22.8 Å². The molecule has 0 spiro atoms. The lowest BCUT2D eigenvalue weighted by Gasteiger charge is -2.24. The molecular formula is C17H15BrO3S. The number of rotatable bonds is 5. The van der Waals surface area contributed by atoms with Gasteiger partial charge >= 0.3 is 5.97 Å². The van der Waals surface area contributed by atoms with E-state index in [2.05, 4.69) is 15.9 Å². The maximum atomic E-state index is 12.3. The SMILES string of the molecule is CSc1ccc([C@](C)(C=O)OC(=O)c2ccccc2Br)cc1. The van der Waals surface area contributed by atoms with Crippen LogP contribution < -0.4 is 0 Å². The number of carbonyl (C=O) groups is 2. The predicted molar refractivity (Wildman–Crippen MR) is 91.2 cm³/mol. The molecule has 0 amide bonds. The molecule has 0 N–H and O–H groups in total. The van der Waals surface area contributed by atoms with E-state index >= 15 is 0 Å². The van der Waals surface area contributed by atoms with Crippen molar-refractivity contribution in [2.45, 2.75) is 17.4 Å². The Labute approximate surface area is 142 Å². The summed E-state index contributed by atoms with van der Waals surface area (Å²) in [6.07, 6.45) is 2.62. The van der Waals surface area contributed by atoms with Crippen LogP contribution in [0.5, 0.6) is 0 Å². The van der Waals surface area contributed by atoms with Gasteiger partial charge in [-0.15, -0.1) is 11.8 Å². The van der Waals surface area contributed by atoms with Crippen LogP contribution in [0.3, 0.4) is 0 Å². The van der Waals surface area contributed by atoms with Crippen molar-refractivity contribution in [3.05, 3.63) is 64.1 Å². The second kappa shape index (κ2) is 7.11. The Morgan fingerprint density at radius 3 is 2.36 bits per heavy atom. The summed E-state index contributed by atoms with van der Waals surface area (Å²) in [5, 5.41) is 0. The van der Waals surface area contributed by atoms with Crippen LogP contribution in [-0.2, 0) is 15.1 Å². The third-order valence-electron chi connectivity index (χ3n) is 3.29. The topological polar surface area (TPSA) is 43.4 Å². The Kier molecular flexibility index (Phi) is 5.42. The average Bonchev–Trinajstić information content (AvgIpc) is 2.55. The van der Waals surface area contributed by atoms with E-state index in [-0.39, 0.29) is 0 Å². The summed E-state index contributed by atoms with van der Waals surface area (Å²) in [5.74, 6) is -0.545. The van der Waals surface area contributed by atoms with Gasteiger partial charge in [0.15, 0.2) is 11.9 Å². The Hall–Kier alpha value is -1.59. The van der Waals surface area contributed by atoms with Gasteiger partial charge in [0.05, 0.1) is 5.56 Å². The molecule has 0 fully saturated rings. The molecule has 0 unspecified atom stereocenters. The van der Waals surface area contributed by atoms with Crippen molar-refractivity contribution in [3.63, 3.8) is 0 Å². The molecule has 114 valence electrons. The molecular weight excluding hydrogens is 364 g/mol. The van der Waals surface area contributed by atoms with Gasteiger partial charge in [0, 0.05) is 14.9 Å². The van der Waals surface area contributed by atoms with E-state index in [1.165, 1.54) is 0 Å². The molecule has 0 aliphatic rings. The Morgan fingerprint density at radius 1 is 1.18 bits per heavy atom. The summed E-state index contributed by atoms with van der Waals surface area (Å²) in [6.45, 7) is 1.59. The number of hydrogen-bond donors (Lipinski definition) is 0. The molecule has 2 aromatic rings. The zero-order chi connectivity index (χ0) is 16.2. The average molecular weight is 379 g/mol. The fourth-order valence-electron chi connectivity index (χ4n) is 1.95. The largest absolute Gasteiger partial charge is 0.443 e. The van der Waals surface area contributed by atoms with Gasteiger partial charge in [-0.1, -0.05) is 24.3 Å². The van der Waals surface area contributed by atoms with Gasteiger partial charge in [-0.25, -0.2) is 4.79 Å². The van der Waals surface area contributed by atoms with Crippen molar-refractivity contribution < 1.29 is 14.3 Å². The van der Waals surface area contributed by atoms with E-state index in [4.69, 9.17) is 4.74 Å². The molecule has 5 heteroatoms. The minimum atomic E-state index is -1.32. The Morgan fingerprint density at radius 2 is 1.82 bits per heavy atom. The van der Waals surface area contributed by atoms with Crippen molar-refractivity contribution in [1.82, 2.24) is 0 Å². The summed E-state index contributed by atoms with van der Waals surface area (Å²) in [4.78, 5) is 24.9. The highest BCUT2D eigenvalue weighted by Gasteiger charge is 2.31. The summed E-state index contributed by atoms with van der Waals surface area (Å²) >= 11 is 4.92. The molecule has 0 saturated carbocycles. The number of ether oxygens (including phenoxy) is 1. The number of benzene rings is 2. The molecule has 0 aromatic heterocycles. The van der Waals surface area contributed by atoms with E-state index in [9.17, 15) is 9.59 Å². The molecule has 0 radical (unpaired) electrons. The van der Waals surface area contributed by atoms with Crippen molar-refractivity contribution in [3.8, 4) is 0 Å². The number of hydrogen-bond acceptors (Lipinski definition) is 4. The first-order valence-corrected chi connectivity index (χ1v) is 8.60. The van der Waals surface area contributed by atoms with Crippen molar-refractivity contribution in [2.24, 2.45) is 0 Å². The van der Waals surface area contributed by atoms with Crippen molar-refractivity contribution in [2.75, 3.05) is 6.26 Å². The predicted octanol–water partition coefficient (Wildman–Crippen LogP) is 4.44. The highest BCUT2D eigenvalue weighted by atomic mass is 79.9. The molecule has 2 aromatic carbocycles. The lowest BCUT2D eigenvalue weighted by molar-refractivity contribution is -0.124. The van der Waals surface area contributed by atoms with Crippen LogP contribution in [0.25, 0.3) is 0 Å². The van der Waals surface area contributed by atoms with Gasteiger partial charge in [0.2, 0.25) is 0 Å². The third kappa shape index (κ3) is 3.59. The zero-order valence-electron chi connectivity index (χ0n) is 12.2. The second-order valence-corrected chi connectivity index (χ2v) is 6.56. The fourth-order valence-corrected chi connectivity index (χ4v) is 2.80. The molecule has 1 atom stereocenters. The highest BCUT2D eigenvalue weighted by Crippen LogP contribution is 2.28. The van der Waals surface area contributed by atoms with Gasteiger partial charge in [-0.05, 0) is 53.4 Å². The lowest BCUT2D eigenvalue weighted by atomic mass is 9.97. The van der Waals surface area contributed by atoms with Gasteiger partial charge in [0.25, 0.3) is 0 Å². The monoisotopic (exact) mass is 378 g/mol. The maximum Gasteiger partial charge on any atom is 0.340 e. The second-order valence-electron chi connectivity index (χ2n) is 4.82. The molecule has 0 bridgehead atoms. The summed E-state index contributed by atoms with van der Waals surface area (Å²) in [7, 11) is 0. The van der Waals surface area contributed by atoms with E-state index in [0.29, 0.717) is 21.9 Å².